The molecular formula is C18H15NO2. The lowest BCUT2D eigenvalue weighted by Crippen LogP contribution is -2.05. The first-order valence-corrected chi connectivity index (χ1v) is 7.10. The van der Waals surface area contributed by atoms with Gasteiger partial charge in [-0.25, -0.2) is 4.98 Å². The summed E-state index contributed by atoms with van der Waals surface area (Å²) in [6, 6.07) is 20.2. The van der Waals surface area contributed by atoms with Crippen molar-refractivity contribution in [3.63, 3.8) is 0 Å². The fraction of sp³-hybridized carbons (Fsp3) is 0.167. The molecule has 21 heavy (non-hydrogen) atoms. The van der Waals surface area contributed by atoms with Crippen LogP contribution in [0.2, 0.25) is 0 Å². The lowest BCUT2D eigenvalue weighted by atomic mass is 10.1. The summed E-state index contributed by atoms with van der Waals surface area (Å²) in [5.41, 5.74) is 2.97. The van der Waals surface area contributed by atoms with Crippen molar-refractivity contribution < 1.29 is 9.47 Å². The average molecular weight is 277 g/mol. The lowest BCUT2D eigenvalue weighted by molar-refractivity contribution is 0.265. The molecular weight excluding hydrogens is 262 g/mol. The number of hydrogen-bond donors (Lipinski definition) is 0. The van der Waals surface area contributed by atoms with Crippen LogP contribution in [0.3, 0.4) is 0 Å². The van der Waals surface area contributed by atoms with Crippen LogP contribution in [0, 0.1) is 0 Å². The first-order chi connectivity index (χ1) is 10.4. The largest absolute Gasteiger partial charge is 0.490 e. The summed E-state index contributed by atoms with van der Waals surface area (Å²) in [6.07, 6.45) is 0.247. The Hall–Kier alpha value is -2.39. The van der Waals surface area contributed by atoms with E-state index in [0.29, 0.717) is 6.61 Å². The molecule has 1 fully saturated rings. The molecule has 1 aliphatic heterocycles. The lowest BCUT2D eigenvalue weighted by Gasteiger charge is -2.10. The molecule has 1 aliphatic rings. The van der Waals surface area contributed by atoms with Gasteiger partial charge in [0.15, 0.2) is 0 Å². The summed E-state index contributed by atoms with van der Waals surface area (Å²) in [4.78, 5) is 4.74. The Bertz CT molecular complexity index is 767. The Labute approximate surface area is 123 Å². The number of pyridine rings is 1. The maximum Gasteiger partial charge on any atom is 0.131 e. The average Bonchev–Trinajstić information content (AvgIpc) is 3.37. The minimum Gasteiger partial charge on any atom is -0.490 e. The van der Waals surface area contributed by atoms with Gasteiger partial charge in [0.25, 0.3) is 0 Å². The topological polar surface area (TPSA) is 34.6 Å². The molecule has 0 amide bonds. The molecule has 0 bridgehead atoms. The van der Waals surface area contributed by atoms with Crippen LogP contribution in [0.5, 0.6) is 5.75 Å². The van der Waals surface area contributed by atoms with Crippen LogP contribution in [0.25, 0.3) is 22.2 Å². The quantitative estimate of drug-likeness (QED) is 0.682. The second-order valence-electron chi connectivity index (χ2n) is 5.16. The molecule has 1 atom stereocenters. The molecule has 4 rings (SSSR count). The van der Waals surface area contributed by atoms with E-state index < -0.39 is 0 Å². The molecule has 3 heteroatoms. The number of hydrogen-bond acceptors (Lipinski definition) is 3. The highest BCUT2D eigenvalue weighted by molar-refractivity contribution is 5.87. The Morgan fingerprint density at radius 1 is 1.05 bits per heavy atom. The SMILES string of the molecule is c1ccc(-c2cc(OCC3CO3)c3ccccc3n2)cc1. The van der Waals surface area contributed by atoms with Crippen LogP contribution in [0.15, 0.2) is 60.7 Å². The van der Waals surface area contributed by atoms with Gasteiger partial charge < -0.3 is 9.47 Å². The van der Waals surface area contributed by atoms with E-state index in [-0.39, 0.29) is 6.10 Å². The fourth-order valence-corrected chi connectivity index (χ4v) is 2.37. The number of nitrogens with zero attached hydrogens (tertiary/aromatic N) is 1. The summed E-state index contributed by atoms with van der Waals surface area (Å²) in [5.74, 6) is 0.870. The molecule has 0 N–H and O–H groups in total. The Morgan fingerprint density at radius 2 is 1.81 bits per heavy atom. The molecule has 1 saturated heterocycles. The first-order valence-electron chi connectivity index (χ1n) is 7.10. The molecule has 0 aliphatic carbocycles. The summed E-state index contributed by atoms with van der Waals surface area (Å²) in [6.45, 7) is 1.40. The number of para-hydroxylation sites is 1. The maximum absolute atomic E-state index is 5.94. The predicted octanol–water partition coefficient (Wildman–Crippen LogP) is 3.68. The van der Waals surface area contributed by atoms with Crippen molar-refractivity contribution in [2.75, 3.05) is 13.2 Å². The molecule has 0 saturated carbocycles. The number of benzene rings is 2. The number of epoxide rings is 1. The predicted molar refractivity (Wildman–Crippen MR) is 82.4 cm³/mol. The zero-order valence-corrected chi connectivity index (χ0v) is 11.5. The Morgan fingerprint density at radius 3 is 2.62 bits per heavy atom. The van der Waals surface area contributed by atoms with Crippen LogP contribution in [-0.4, -0.2) is 24.3 Å². The summed E-state index contributed by atoms with van der Waals surface area (Å²) >= 11 is 0. The van der Waals surface area contributed by atoms with E-state index in [1.165, 1.54) is 0 Å². The van der Waals surface area contributed by atoms with Crippen molar-refractivity contribution in [1.29, 1.82) is 0 Å². The highest BCUT2D eigenvalue weighted by atomic mass is 16.6. The summed E-state index contributed by atoms with van der Waals surface area (Å²) < 4.78 is 11.2. The van der Waals surface area contributed by atoms with Crippen LogP contribution in [0.1, 0.15) is 0 Å². The third-order valence-corrected chi connectivity index (χ3v) is 3.57. The smallest absolute Gasteiger partial charge is 0.131 e. The van der Waals surface area contributed by atoms with Gasteiger partial charge in [-0.15, -0.1) is 0 Å². The molecule has 2 aromatic carbocycles. The molecule has 3 aromatic rings. The maximum atomic E-state index is 5.94. The number of ether oxygens (including phenoxy) is 2. The molecule has 3 nitrogen and oxygen atoms in total. The third-order valence-electron chi connectivity index (χ3n) is 3.57. The van der Waals surface area contributed by atoms with Crippen molar-refractivity contribution in [3.05, 3.63) is 60.7 Å². The van der Waals surface area contributed by atoms with Gasteiger partial charge in [0.1, 0.15) is 18.5 Å². The second-order valence-corrected chi connectivity index (χ2v) is 5.16. The minimum absolute atomic E-state index is 0.247. The van der Waals surface area contributed by atoms with Crippen LogP contribution in [-0.2, 0) is 4.74 Å². The molecule has 104 valence electrons. The van der Waals surface area contributed by atoms with Crippen LogP contribution < -0.4 is 4.74 Å². The van der Waals surface area contributed by atoms with E-state index in [0.717, 1.165) is 34.5 Å². The van der Waals surface area contributed by atoms with Crippen molar-refractivity contribution >= 4 is 10.9 Å². The second kappa shape index (κ2) is 5.19. The zero-order valence-electron chi connectivity index (χ0n) is 11.5. The van der Waals surface area contributed by atoms with Gasteiger partial charge in [-0.2, -0.15) is 0 Å². The van der Waals surface area contributed by atoms with E-state index in [1.807, 2.05) is 48.5 Å². The standard InChI is InChI=1S/C18H15NO2/c1-2-6-13(7-3-1)17-10-18(21-12-14-11-20-14)15-8-4-5-9-16(15)19-17/h1-10,14H,11-12H2. The van der Waals surface area contributed by atoms with E-state index >= 15 is 0 Å². The van der Waals surface area contributed by atoms with Gasteiger partial charge in [0.2, 0.25) is 0 Å². The highest BCUT2D eigenvalue weighted by Crippen LogP contribution is 2.30. The van der Waals surface area contributed by atoms with Gasteiger partial charge >= 0.3 is 0 Å². The Kier molecular flexibility index (Phi) is 3.05. The molecule has 2 heterocycles. The minimum atomic E-state index is 0.247. The van der Waals surface area contributed by atoms with Gasteiger partial charge in [-0.1, -0.05) is 42.5 Å². The Balaban J connectivity index is 1.80. The molecule has 1 unspecified atom stereocenters. The van der Waals surface area contributed by atoms with Crippen molar-refractivity contribution in [2.24, 2.45) is 0 Å². The van der Waals surface area contributed by atoms with Gasteiger partial charge in [0, 0.05) is 17.0 Å². The molecule has 0 radical (unpaired) electrons. The van der Waals surface area contributed by atoms with Crippen molar-refractivity contribution in [1.82, 2.24) is 4.98 Å². The number of aromatic nitrogens is 1. The van der Waals surface area contributed by atoms with Gasteiger partial charge in [0.05, 0.1) is 17.8 Å². The van der Waals surface area contributed by atoms with Crippen molar-refractivity contribution in [3.8, 4) is 17.0 Å². The number of fused-ring (bicyclic) bond motifs is 1. The van der Waals surface area contributed by atoms with E-state index in [4.69, 9.17) is 14.5 Å². The summed E-state index contributed by atoms with van der Waals surface area (Å²) in [5, 5.41) is 1.04. The van der Waals surface area contributed by atoms with Crippen LogP contribution >= 0.6 is 0 Å². The van der Waals surface area contributed by atoms with Gasteiger partial charge in [-0.3, -0.25) is 0 Å². The fourth-order valence-electron chi connectivity index (χ4n) is 2.37. The van der Waals surface area contributed by atoms with E-state index in [2.05, 4.69) is 12.1 Å². The summed E-state index contributed by atoms with van der Waals surface area (Å²) in [7, 11) is 0. The third kappa shape index (κ3) is 2.60. The molecule has 0 spiro atoms. The van der Waals surface area contributed by atoms with Crippen LogP contribution in [0.4, 0.5) is 0 Å². The number of rotatable bonds is 4. The highest BCUT2D eigenvalue weighted by Gasteiger charge is 2.23. The zero-order chi connectivity index (χ0) is 14.1. The normalized spacial score (nSPS) is 16.9. The van der Waals surface area contributed by atoms with Crippen molar-refractivity contribution in [2.45, 2.75) is 6.10 Å². The van der Waals surface area contributed by atoms with E-state index in [9.17, 15) is 0 Å². The van der Waals surface area contributed by atoms with E-state index in [1.54, 1.807) is 0 Å². The first kappa shape index (κ1) is 12.4. The van der Waals surface area contributed by atoms with Gasteiger partial charge in [-0.05, 0) is 12.1 Å². The monoisotopic (exact) mass is 277 g/mol. The molecule has 1 aromatic heterocycles.